The molecule has 0 atom stereocenters. The van der Waals surface area contributed by atoms with Crippen LogP contribution >= 0.6 is 0 Å². The van der Waals surface area contributed by atoms with E-state index < -0.39 is 0 Å². The number of anilines is 1. The number of hydrogen-bond acceptors (Lipinski definition) is 4. The smallest absolute Gasteiger partial charge is 0.260 e. The molecule has 1 aromatic heterocycles. The minimum absolute atomic E-state index is 0.0152. The second-order valence-corrected chi connectivity index (χ2v) is 8.55. The maximum absolute atomic E-state index is 13.4. The lowest BCUT2D eigenvalue weighted by Gasteiger charge is -2.24. The number of aromatic amines is 1. The summed E-state index contributed by atoms with van der Waals surface area (Å²) in [5, 5.41) is 6.18. The average molecular weight is 436 g/mol. The first-order chi connectivity index (χ1) is 15.5. The number of hydrogen-bond donors (Lipinski definition) is 3. The number of carbonyl (C=O) groups excluding carboxylic acids is 2. The fourth-order valence-electron chi connectivity index (χ4n) is 4.64. The van der Waals surface area contributed by atoms with E-state index in [1.54, 1.807) is 0 Å². The third kappa shape index (κ3) is 4.36. The highest BCUT2D eigenvalue weighted by atomic mass is 16.2. The summed E-state index contributed by atoms with van der Waals surface area (Å²) in [6, 6.07) is 7.96. The molecule has 7 heteroatoms. The Hall–Kier alpha value is -2.90. The van der Waals surface area contributed by atoms with Crippen molar-refractivity contribution in [2.75, 3.05) is 44.3 Å². The van der Waals surface area contributed by atoms with Crippen LogP contribution in [0.4, 0.5) is 5.69 Å². The number of para-hydroxylation sites is 1. The fraction of sp³-hybridized carbons (Fsp3) is 0.440. The predicted octanol–water partition coefficient (Wildman–Crippen LogP) is 2.91. The second-order valence-electron chi connectivity index (χ2n) is 8.55. The van der Waals surface area contributed by atoms with Crippen molar-refractivity contribution in [3.05, 3.63) is 52.3 Å². The van der Waals surface area contributed by atoms with Crippen molar-refractivity contribution in [3.8, 4) is 0 Å². The molecular weight excluding hydrogens is 402 g/mol. The summed E-state index contributed by atoms with van der Waals surface area (Å²) in [7, 11) is 0. The van der Waals surface area contributed by atoms with Gasteiger partial charge in [-0.05, 0) is 64.0 Å². The molecule has 3 heterocycles. The van der Waals surface area contributed by atoms with Crippen molar-refractivity contribution < 1.29 is 9.59 Å². The predicted molar refractivity (Wildman–Crippen MR) is 129 cm³/mol. The van der Waals surface area contributed by atoms with Gasteiger partial charge >= 0.3 is 0 Å². The molecule has 3 N–H and O–H groups in total. The number of H-pyrrole nitrogens is 1. The summed E-state index contributed by atoms with van der Waals surface area (Å²) < 4.78 is 0. The fourth-order valence-corrected chi connectivity index (χ4v) is 4.64. The van der Waals surface area contributed by atoms with Crippen LogP contribution in [0.3, 0.4) is 0 Å². The average Bonchev–Trinajstić information content (AvgIpc) is 3.46. The van der Waals surface area contributed by atoms with E-state index in [-0.39, 0.29) is 11.8 Å². The topological polar surface area (TPSA) is 80.5 Å². The van der Waals surface area contributed by atoms with Gasteiger partial charge in [-0.1, -0.05) is 25.1 Å². The number of aryl methyl sites for hydroxylation is 1. The molecule has 1 fully saturated rings. The van der Waals surface area contributed by atoms with E-state index in [0.29, 0.717) is 24.4 Å². The van der Waals surface area contributed by atoms with Crippen LogP contribution in [0.2, 0.25) is 0 Å². The van der Waals surface area contributed by atoms with Gasteiger partial charge in [0.25, 0.3) is 11.8 Å². The number of likely N-dealkylation sites (tertiary alicyclic amines) is 1. The second kappa shape index (κ2) is 9.71. The molecule has 1 saturated heterocycles. The standard InChI is InChI=1S/C25H33N5O2/c1-4-26-11-12-27-24(31)23-17(2)21(28-18(23)3)15-20-19-9-5-6-10-22(19)30(25(20)32)16-29-13-7-8-14-29/h5-6,9-10,15,26,28H,4,7-8,11-14,16H2,1-3H3,(H,27,31)/b20-15-. The number of amides is 2. The molecule has 2 amide bonds. The van der Waals surface area contributed by atoms with Crippen molar-refractivity contribution in [1.29, 1.82) is 0 Å². The van der Waals surface area contributed by atoms with Gasteiger partial charge in [0.1, 0.15) is 0 Å². The molecule has 0 saturated carbocycles. The van der Waals surface area contributed by atoms with Gasteiger partial charge in [-0.3, -0.25) is 19.4 Å². The highest BCUT2D eigenvalue weighted by Gasteiger charge is 2.34. The summed E-state index contributed by atoms with van der Waals surface area (Å²) >= 11 is 0. The Morgan fingerprint density at radius 2 is 1.91 bits per heavy atom. The Morgan fingerprint density at radius 1 is 1.16 bits per heavy atom. The highest BCUT2D eigenvalue weighted by Crippen LogP contribution is 2.38. The summed E-state index contributed by atoms with van der Waals surface area (Å²) in [5.41, 5.74) is 5.70. The van der Waals surface area contributed by atoms with Gasteiger partial charge in [0.15, 0.2) is 0 Å². The van der Waals surface area contributed by atoms with Gasteiger partial charge in [-0.15, -0.1) is 0 Å². The first-order valence-electron chi connectivity index (χ1n) is 11.5. The number of nitrogens with zero attached hydrogens (tertiary/aromatic N) is 2. The maximum Gasteiger partial charge on any atom is 0.260 e. The van der Waals surface area contributed by atoms with E-state index in [1.165, 1.54) is 12.8 Å². The van der Waals surface area contributed by atoms with E-state index in [4.69, 9.17) is 0 Å². The van der Waals surface area contributed by atoms with Crippen LogP contribution in [-0.2, 0) is 4.79 Å². The lowest BCUT2D eigenvalue weighted by Crippen LogP contribution is -2.38. The van der Waals surface area contributed by atoms with E-state index in [0.717, 1.165) is 54.4 Å². The van der Waals surface area contributed by atoms with Gasteiger partial charge < -0.3 is 15.6 Å². The van der Waals surface area contributed by atoms with Crippen LogP contribution in [0.25, 0.3) is 11.6 Å². The molecule has 2 aliphatic heterocycles. The molecule has 0 bridgehead atoms. The summed E-state index contributed by atoms with van der Waals surface area (Å²) in [4.78, 5) is 33.7. The number of likely N-dealkylation sites (N-methyl/N-ethyl adjacent to an activating group) is 1. The molecule has 1 aromatic carbocycles. The van der Waals surface area contributed by atoms with Gasteiger partial charge in [0.2, 0.25) is 0 Å². The van der Waals surface area contributed by atoms with Crippen molar-refractivity contribution >= 4 is 29.2 Å². The molecule has 2 aromatic rings. The Labute approximate surface area is 189 Å². The number of carbonyl (C=O) groups is 2. The van der Waals surface area contributed by atoms with Crippen molar-refractivity contribution in [1.82, 2.24) is 20.5 Å². The van der Waals surface area contributed by atoms with Gasteiger partial charge in [0, 0.05) is 30.0 Å². The highest BCUT2D eigenvalue weighted by molar-refractivity contribution is 6.35. The maximum atomic E-state index is 13.4. The van der Waals surface area contributed by atoms with E-state index in [9.17, 15) is 9.59 Å². The summed E-state index contributed by atoms with van der Waals surface area (Å²) in [6.07, 6.45) is 4.28. The molecule has 0 aliphatic carbocycles. The largest absolute Gasteiger partial charge is 0.358 e. The minimum Gasteiger partial charge on any atom is -0.358 e. The molecule has 4 rings (SSSR count). The normalized spacial score (nSPS) is 17.4. The van der Waals surface area contributed by atoms with Gasteiger partial charge in [-0.25, -0.2) is 0 Å². The third-order valence-corrected chi connectivity index (χ3v) is 6.33. The summed E-state index contributed by atoms with van der Waals surface area (Å²) in [6.45, 7) is 10.7. The van der Waals surface area contributed by atoms with Crippen LogP contribution in [0.15, 0.2) is 24.3 Å². The summed E-state index contributed by atoms with van der Waals surface area (Å²) in [5.74, 6) is -0.0750. The molecular formula is C25H33N5O2. The third-order valence-electron chi connectivity index (χ3n) is 6.33. The molecule has 0 unspecified atom stereocenters. The minimum atomic E-state index is -0.0902. The van der Waals surface area contributed by atoms with Gasteiger partial charge in [0.05, 0.1) is 23.5 Å². The van der Waals surface area contributed by atoms with E-state index in [2.05, 4.69) is 20.5 Å². The first kappa shape index (κ1) is 22.3. The lowest BCUT2D eigenvalue weighted by atomic mass is 10.0. The first-order valence-corrected chi connectivity index (χ1v) is 11.5. The zero-order chi connectivity index (χ0) is 22.7. The molecule has 32 heavy (non-hydrogen) atoms. The lowest BCUT2D eigenvalue weighted by molar-refractivity contribution is -0.113. The van der Waals surface area contributed by atoms with Crippen molar-refractivity contribution in [2.24, 2.45) is 0 Å². The molecule has 0 spiro atoms. The Bertz CT molecular complexity index is 1030. The quantitative estimate of drug-likeness (QED) is 0.440. The zero-order valence-corrected chi connectivity index (χ0v) is 19.3. The zero-order valence-electron chi connectivity index (χ0n) is 19.3. The van der Waals surface area contributed by atoms with E-state index in [1.807, 2.05) is 56.0 Å². The van der Waals surface area contributed by atoms with Crippen molar-refractivity contribution in [3.63, 3.8) is 0 Å². The van der Waals surface area contributed by atoms with Gasteiger partial charge in [-0.2, -0.15) is 0 Å². The van der Waals surface area contributed by atoms with Crippen LogP contribution in [0.5, 0.6) is 0 Å². The molecule has 2 aliphatic rings. The monoisotopic (exact) mass is 435 g/mol. The Balaban J connectivity index is 1.61. The number of rotatable bonds is 8. The molecule has 7 nitrogen and oxygen atoms in total. The molecule has 170 valence electrons. The number of benzene rings is 1. The molecule has 0 radical (unpaired) electrons. The van der Waals surface area contributed by atoms with Crippen LogP contribution in [0.1, 0.15) is 52.6 Å². The van der Waals surface area contributed by atoms with Crippen LogP contribution in [0, 0.1) is 13.8 Å². The van der Waals surface area contributed by atoms with Crippen molar-refractivity contribution in [2.45, 2.75) is 33.6 Å². The van der Waals surface area contributed by atoms with Crippen LogP contribution < -0.4 is 15.5 Å². The Morgan fingerprint density at radius 3 is 2.66 bits per heavy atom. The number of aromatic nitrogens is 1. The Kier molecular flexibility index (Phi) is 6.77. The SMILES string of the molecule is CCNCCNC(=O)c1c(C)[nH]c(/C=C2\C(=O)N(CN3CCCC3)c3ccccc32)c1C. The number of fused-ring (bicyclic) bond motifs is 1. The number of nitrogens with one attached hydrogen (secondary N) is 3. The van der Waals surface area contributed by atoms with Crippen LogP contribution in [-0.4, -0.2) is 61.1 Å². The van der Waals surface area contributed by atoms with E-state index >= 15 is 0 Å².